The normalized spacial score (nSPS) is 17.4. The molecule has 0 bridgehead atoms. The summed E-state index contributed by atoms with van der Waals surface area (Å²) in [5.41, 5.74) is 2.36. The second-order valence-corrected chi connectivity index (χ2v) is 4.97. The van der Waals surface area contributed by atoms with Gasteiger partial charge in [0.2, 0.25) is 0 Å². The van der Waals surface area contributed by atoms with Crippen LogP contribution in [0.5, 0.6) is 5.75 Å². The van der Waals surface area contributed by atoms with Crippen molar-refractivity contribution in [2.45, 2.75) is 38.8 Å². The summed E-state index contributed by atoms with van der Waals surface area (Å²) in [6.45, 7) is 5.88. The van der Waals surface area contributed by atoms with Crippen molar-refractivity contribution < 1.29 is 9.84 Å². The molecule has 0 radical (unpaired) electrons. The molecule has 2 N–H and O–H groups in total. The van der Waals surface area contributed by atoms with Gasteiger partial charge in [-0.25, -0.2) is 0 Å². The molecule has 1 unspecified atom stereocenters. The van der Waals surface area contributed by atoms with Crippen LogP contribution in [0.3, 0.4) is 0 Å². The van der Waals surface area contributed by atoms with Crippen LogP contribution in [0.1, 0.15) is 31.4 Å². The van der Waals surface area contributed by atoms with E-state index in [-0.39, 0.29) is 12.1 Å². The fourth-order valence-corrected chi connectivity index (χ4v) is 1.96. The molecule has 17 heavy (non-hydrogen) atoms. The molecular weight excluding hydrogens is 214 g/mol. The Morgan fingerprint density at radius 1 is 1.47 bits per heavy atom. The quantitative estimate of drug-likeness (QED) is 0.818. The highest BCUT2D eigenvalue weighted by Gasteiger charge is 2.20. The number of fused-ring (bicyclic) bond motifs is 1. The molecule has 1 heterocycles. The predicted molar refractivity (Wildman–Crippen MR) is 68.3 cm³/mol. The van der Waals surface area contributed by atoms with Crippen LogP contribution in [-0.2, 0) is 13.0 Å². The fraction of sp³-hybridized carbons (Fsp3) is 0.571. The first kappa shape index (κ1) is 12.4. The second-order valence-electron chi connectivity index (χ2n) is 4.97. The van der Waals surface area contributed by atoms with Gasteiger partial charge in [-0.1, -0.05) is 19.1 Å². The Balaban J connectivity index is 2.00. The van der Waals surface area contributed by atoms with Crippen LogP contribution >= 0.6 is 0 Å². The van der Waals surface area contributed by atoms with E-state index >= 15 is 0 Å². The number of ether oxygens (including phenoxy) is 1. The van der Waals surface area contributed by atoms with E-state index in [1.54, 1.807) is 0 Å². The van der Waals surface area contributed by atoms with Gasteiger partial charge in [0.1, 0.15) is 5.75 Å². The Labute approximate surface area is 103 Å². The molecule has 0 fully saturated rings. The highest BCUT2D eigenvalue weighted by Crippen LogP contribution is 2.26. The minimum Gasteiger partial charge on any atom is -0.493 e. The number of aliphatic hydroxyl groups is 1. The standard InChI is InChI=1S/C14H21NO2/c1-3-14(2,10-16)15-9-11-4-5-13-12(8-11)6-7-17-13/h4-5,8,15-16H,3,6-7,9-10H2,1-2H3. The van der Waals surface area contributed by atoms with Crippen molar-refractivity contribution in [1.29, 1.82) is 0 Å². The largest absolute Gasteiger partial charge is 0.493 e. The van der Waals surface area contributed by atoms with E-state index < -0.39 is 0 Å². The summed E-state index contributed by atoms with van der Waals surface area (Å²) >= 11 is 0. The maximum atomic E-state index is 9.34. The van der Waals surface area contributed by atoms with Crippen molar-refractivity contribution in [2.75, 3.05) is 13.2 Å². The predicted octanol–water partition coefficient (Wildman–Crippen LogP) is 1.87. The minimum atomic E-state index is -0.185. The van der Waals surface area contributed by atoms with Gasteiger partial charge in [0.15, 0.2) is 0 Å². The maximum Gasteiger partial charge on any atom is 0.122 e. The van der Waals surface area contributed by atoms with Crippen LogP contribution in [0.2, 0.25) is 0 Å². The van der Waals surface area contributed by atoms with Gasteiger partial charge in [-0.05, 0) is 30.5 Å². The lowest BCUT2D eigenvalue weighted by Gasteiger charge is -2.27. The van der Waals surface area contributed by atoms with Gasteiger partial charge >= 0.3 is 0 Å². The van der Waals surface area contributed by atoms with E-state index in [1.165, 1.54) is 11.1 Å². The van der Waals surface area contributed by atoms with Crippen molar-refractivity contribution in [3.05, 3.63) is 29.3 Å². The topological polar surface area (TPSA) is 41.5 Å². The van der Waals surface area contributed by atoms with Crippen molar-refractivity contribution >= 4 is 0 Å². The highest BCUT2D eigenvalue weighted by atomic mass is 16.5. The van der Waals surface area contributed by atoms with Gasteiger partial charge in [0.05, 0.1) is 13.2 Å². The number of hydrogen-bond acceptors (Lipinski definition) is 3. The Hall–Kier alpha value is -1.06. The van der Waals surface area contributed by atoms with Crippen molar-refractivity contribution in [1.82, 2.24) is 5.32 Å². The van der Waals surface area contributed by atoms with Crippen molar-refractivity contribution in [3.8, 4) is 5.75 Å². The minimum absolute atomic E-state index is 0.164. The van der Waals surface area contributed by atoms with Gasteiger partial charge in [0.25, 0.3) is 0 Å². The SMILES string of the molecule is CCC(C)(CO)NCc1ccc2c(c1)CCO2. The summed E-state index contributed by atoms with van der Waals surface area (Å²) in [6.07, 6.45) is 1.92. The molecule has 2 rings (SSSR count). The van der Waals surface area contributed by atoms with Crippen LogP contribution < -0.4 is 10.1 Å². The molecule has 1 atom stereocenters. The van der Waals surface area contributed by atoms with Crippen LogP contribution in [0.25, 0.3) is 0 Å². The summed E-state index contributed by atoms with van der Waals surface area (Å²) in [5, 5.41) is 12.7. The third-order valence-corrected chi connectivity index (χ3v) is 3.60. The lowest BCUT2D eigenvalue weighted by molar-refractivity contribution is 0.169. The van der Waals surface area contributed by atoms with Crippen molar-refractivity contribution in [2.24, 2.45) is 0 Å². The summed E-state index contributed by atoms with van der Waals surface area (Å²) in [6, 6.07) is 6.33. The molecule has 0 saturated carbocycles. The van der Waals surface area contributed by atoms with Gasteiger partial charge in [0, 0.05) is 18.5 Å². The average molecular weight is 235 g/mol. The van der Waals surface area contributed by atoms with E-state index in [0.717, 1.165) is 31.7 Å². The van der Waals surface area contributed by atoms with Gasteiger partial charge in [-0.2, -0.15) is 0 Å². The first-order chi connectivity index (χ1) is 8.17. The second kappa shape index (κ2) is 5.07. The maximum absolute atomic E-state index is 9.34. The van der Waals surface area contributed by atoms with Crippen LogP contribution in [-0.4, -0.2) is 23.9 Å². The van der Waals surface area contributed by atoms with Gasteiger partial charge in [-0.3, -0.25) is 0 Å². The van der Waals surface area contributed by atoms with E-state index in [1.807, 2.05) is 13.0 Å². The number of hydrogen-bond donors (Lipinski definition) is 2. The zero-order valence-electron chi connectivity index (χ0n) is 10.6. The van der Waals surface area contributed by atoms with Crippen molar-refractivity contribution in [3.63, 3.8) is 0 Å². The van der Waals surface area contributed by atoms with E-state index in [0.29, 0.717) is 0 Å². The lowest BCUT2D eigenvalue weighted by Crippen LogP contribution is -2.44. The molecule has 1 aromatic rings. The Kier molecular flexibility index (Phi) is 3.69. The van der Waals surface area contributed by atoms with Crippen LogP contribution in [0.4, 0.5) is 0 Å². The van der Waals surface area contributed by atoms with Gasteiger partial charge < -0.3 is 15.2 Å². The fourth-order valence-electron chi connectivity index (χ4n) is 1.96. The lowest BCUT2D eigenvalue weighted by atomic mass is 9.99. The third kappa shape index (κ3) is 2.79. The molecular formula is C14H21NO2. The molecule has 3 heteroatoms. The molecule has 94 valence electrons. The Bertz CT molecular complexity index is 386. The zero-order valence-corrected chi connectivity index (χ0v) is 10.6. The molecule has 0 aromatic heterocycles. The molecule has 3 nitrogen and oxygen atoms in total. The number of aliphatic hydroxyl groups excluding tert-OH is 1. The smallest absolute Gasteiger partial charge is 0.122 e. The molecule has 1 aromatic carbocycles. The van der Waals surface area contributed by atoms with Crippen LogP contribution in [0, 0.1) is 0 Å². The van der Waals surface area contributed by atoms with Gasteiger partial charge in [-0.15, -0.1) is 0 Å². The Morgan fingerprint density at radius 2 is 2.29 bits per heavy atom. The number of nitrogens with one attached hydrogen (secondary N) is 1. The molecule has 0 amide bonds. The zero-order chi connectivity index (χ0) is 12.3. The van der Waals surface area contributed by atoms with E-state index in [9.17, 15) is 5.11 Å². The molecule has 1 aliphatic rings. The summed E-state index contributed by atoms with van der Waals surface area (Å²) in [4.78, 5) is 0. The Morgan fingerprint density at radius 3 is 3.00 bits per heavy atom. The molecule has 0 aliphatic carbocycles. The molecule has 0 spiro atoms. The molecule has 0 saturated heterocycles. The highest BCUT2D eigenvalue weighted by molar-refractivity contribution is 5.39. The first-order valence-electron chi connectivity index (χ1n) is 6.27. The van der Waals surface area contributed by atoms with E-state index in [4.69, 9.17) is 4.74 Å². The van der Waals surface area contributed by atoms with Crippen LogP contribution in [0.15, 0.2) is 18.2 Å². The average Bonchev–Trinajstić information content (AvgIpc) is 2.83. The number of rotatable bonds is 5. The summed E-state index contributed by atoms with van der Waals surface area (Å²) in [5.74, 6) is 1.02. The number of benzene rings is 1. The third-order valence-electron chi connectivity index (χ3n) is 3.60. The summed E-state index contributed by atoms with van der Waals surface area (Å²) < 4.78 is 5.48. The van der Waals surface area contributed by atoms with E-state index in [2.05, 4.69) is 24.4 Å². The monoisotopic (exact) mass is 235 g/mol. The first-order valence-corrected chi connectivity index (χ1v) is 6.27. The molecule has 1 aliphatic heterocycles. The summed E-state index contributed by atoms with van der Waals surface area (Å²) in [7, 11) is 0.